The van der Waals surface area contributed by atoms with Gasteiger partial charge in [-0.1, -0.05) is 27.7 Å². The predicted octanol–water partition coefficient (Wildman–Crippen LogP) is 2.63. The summed E-state index contributed by atoms with van der Waals surface area (Å²) in [6.45, 7) is 11.2. The zero-order valence-electron chi connectivity index (χ0n) is 12.8. The maximum atomic E-state index is 12.4. The third-order valence-corrected chi connectivity index (χ3v) is 4.50. The number of rotatable bonds is 4. The van der Waals surface area contributed by atoms with Gasteiger partial charge in [0.1, 0.15) is 0 Å². The molecule has 0 bridgehead atoms. The van der Waals surface area contributed by atoms with E-state index in [2.05, 4.69) is 13.8 Å². The third kappa shape index (κ3) is 3.71. The highest BCUT2D eigenvalue weighted by Crippen LogP contribution is 2.33. The van der Waals surface area contributed by atoms with Crippen LogP contribution in [-0.2, 0) is 9.59 Å². The molecule has 4 heteroatoms. The summed E-state index contributed by atoms with van der Waals surface area (Å²) in [6.07, 6.45) is 1.24. The first-order chi connectivity index (χ1) is 8.66. The van der Waals surface area contributed by atoms with Crippen molar-refractivity contribution < 1.29 is 14.7 Å². The minimum absolute atomic E-state index is 0.0167. The van der Waals surface area contributed by atoms with Crippen molar-refractivity contribution in [1.29, 1.82) is 0 Å². The molecule has 0 aromatic carbocycles. The Morgan fingerprint density at radius 1 is 1.26 bits per heavy atom. The smallest absolute Gasteiger partial charge is 0.310 e. The van der Waals surface area contributed by atoms with Gasteiger partial charge in [0, 0.05) is 19.5 Å². The van der Waals surface area contributed by atoms with Gasteiger partial charge in [-0.3, -0.25) is 9.59 Å². The largest absolute Gasteiger partial charge is 0.481 e. The van der Waals surface area contributed by atoms with Gasteiger partial charge >= 0.3 is 5.97 Å². The Kier molecular flexibility index (Phi) is 4.99. The molecule has 0 radical (unpaired) electrons. The van der Waals surface area contributed by atoms with E-state index in [-0.39, 0.29) is 18.2 Å². The van der Waals surface area contributed by atoms with E-state index < -0.39 is 11.4 Å². The topological polar surface area (TPSA) is 57.6 Å². The van der Waals surface area contributed by atoms with Gasteiger partial charge in [0.25, 0.3) is 0 Å². The van der Waals surface area contributed by atoms with Gasteiger partial charge < -0.3 is 10.0 Å². The first kappa shape index (κ1) is 16.0. The van der Waals surface area contributed by atoms with Crippen LogP contribution in [0.4, 0.5) is 0 Å². The van der Waals surface area contributed by atoms with Crippen LogP contribution in [0.3, 0.4) is 0 Å². The highest BCUT2D eigenvalue weighted by Gasteiger charge is 2.40. The fourth-order valence-electron chi connectivity index (χ4n) is 2.82. The fraction of sp³-hybridized carbons (Fsp3) is 0.867. The molecule has 1 saturated heterocycles. The number of amides is 1. The quantitative estimate of drug-likeness (QED) is 0.853. The second kappa shape index (κ2) is 5.93. The summed E-state index contributed by atoms with van der Waals surface area (Å²) in [6, 6.07) is 0. The molecule has 1 amide bonds. The van der Waals surface area contributed by atoms with Crippen molar-refractivity contribution in [3.63, 3.8) is 0 Å². The van der Waals surface area contributed by atoms with E-state index in [4.69, 9.17) is 0 Å². The number of hydrogen-bond donors (Lipinski definition) is 1. The second-order valence-corrected chi connectivity index (χ2v) is 6.80. The molecule has 1 heterocycles. The zero-order valence-corrected chi connectivity index (χ0v) is 12.8. The Morgan fingerprint density at radius 3 is 2.11 bits per heavy atom. The van der Waals surface area contributed by atoms with Crippen LogP contribution in [0.1, 0.15) is 47.5 Å². The van der Waals surface area contributed by atoms with E-state index in [0.717, 1.165) is 19.5 Å². The van der Waals surface area contributed by atoms with Crippen LogP contribution in [0, 0.1) is 23.2 Å². The number of likely N-dealkylation sites (tertiary alicyclic amines) is 1. The van der Waals surface area contributed by atoms with E-state index >= 15 is 0 Å². The average molecular weight is 269 g/mol. The number of carbonyl (C=O) groups is 2. The molecule has 0 aromatic rings. The maximum Gasteiger partial charge on any atom is 0.310 e. The monoisotopic (exact) mass is 269 g/mol. The molecule has 0 saturated carbocycles. The summed E-state index contributed by atoms with van der Waals surface area (Å²) in [7, 11) is 0. The predicted molar refractivity (Wildman–Crippen MR) is 74.7 cm³/mol. The molecule has 0 aliphatic carbocycles. The van der Waals surface area contributed by atoms with Gasteiger partial charge in [0.05, 0.1) is 5.41 Å². The standard InChI is InChI=1S/C15H27NO3/c1-10(2)15(5,14(18)19)7-13(17)16-8-11(3)6-12(4)9-16/h10-12H,6-9H2,1-5H3,(H,18,19). The normalized spacial score (nSPS) is 27.2. The molecule has 1 fully saturated rings. The number of carboxylic acid groups (broad SMARTS) is 1. The van der Waals surface area contributed by atoms with Crippen molar-refractivity contribution in [2.75, 3.05) is 13.1 Å². The molecule has 110 valence electrons. The molecule has 1 N–H and O–H groups in total. The SMILES string of the molecule is CC1CC(C)CN(C(=O)CC(C)(C(=O)O)C(C)C)C1. The van der Waals surface area contributed by atoms with E-state index in [1.54, 1.807) is 6.92 Å². The lowest BCUT2D eigenvalue weighted by Gasteiger charge is -2.37. The van der Waals surface area contributed by atoms with Gasteiger partial charge in [0.15, 0.2) is 0 Å². The first-order valence-corrected chi connectivity index (χ1v) is 7.18. The van der Waals surface area contributed by atoms with Crippen LogP contribution >= 0.6 is 0 Å². The lowest BCUT2D eigenvalue weighted by Crippen LogP contribution is -2.46. The van der Waals surface area contributed by atoms with Gasteiger partial charge in [-0.2, -0.15) is 0 Å². The second-order valence-electron chi connectivity index (χ2n) is 6.80. The number of piperidine rings is 1. The summed E-state index contributed by atoms with van der Waals surface area (Å²) >= 11 is 0. The van der Waals surface area contributed by atoms with Crippen LogP contribution in [0.2, 0.25) is 0 Å². The fourth-order valence-corrected chi connectivity index (χ4v) is 2.82. The molecule has 1 rings (SSSR count). The van der Waals surface area contributed by atoms with Crippen LogP contribution in [0.25, 0.3) is 0 Å². The lowest BCUT2D eigenvalue weighted by molar-refractivity contribution is -0.156. The highest BCUT2D eigenvalue weighted by molar-refractivity contribution is 5.85. The van der Waals surface area contributed by atoms with Gasteiger partial charge in [-0.05, 0) is 31.1 Å². The zero-order chi connectivity index (χ0) is 14.8. The molecule has 0 aromatic heterocycles. The Hall–Kier alpha value is -1.06. The lowest BCUT2D eigenvalue weighted by atomic mass is 9.76. The van der Waals surface area contributed by atoms with Gasteiger partial charge in [-0.25, -0.2) is 0 Å². The van der Waals surface area contributed by atoms with Crippen molar-refractivity contribution in [2.45, 2.75) is 47.5 Å². The number of hydrogen-bond acceptors (Lipinski definition) is 2. The van der Waals surface area contributed by atoms with Crippen molar-refractivity contribution >= 4 is 11.9 Å². The molecule has 0 spiro atoms. The molecule has 4 nitrogen and oxygen atoms in total. The van der Waals surface area contributed by atoms with E-state index in [1.165, 1.54) is 0 Å². The third-order valence-electron chi connectivity index (χ3n) is 4.50. The molecule has 1 aliphatic heterocycles. The Bertz CT molecular complexity index is 343. The van der Waals surface area contributed by atoms with Gasteiger partial charge in [0.2, 0.25) is 5.91 Å². The molecule has 19 heavy (non-hydrogen) atoms. The van der Waals surface area contributed by atoms with Crippen molar-refractivity contribution in [3.8, 4) is 0 Å². The molecular formula is C15H27NO3. The molecular weight excluding hydrogens is 242 g/mol. The molecule has 3 unspecified atom stereocenters. The van der Waals surface area contributed by atoms with Crippen molar-refractivity contribution in [2.24, 2.45) is 23.2 Å². The Balaban J connectivity index is 2.75. The molecule has 3 atom stereocenters. The van der Waals surface area contributed by atoms with Crippen LogP contribution in [-0.4, -0.2) is 35.0 Å². The highest BCUT2D eigenvalue weighted by atomic mass is 16.4. The Labute approximate surface area is 116 Å². The van der Waals surface area contributed by atoms with E-state index in [9.17, 15) is 14.7 Å². The van der Waals surface area contributed by atoms with Crippen molar-refractivity contribution in [3.05, 3.63) is 0 Å². The number of aliphatic carboxylic acids is 1. The number of carboxylic acids is 1. The Morgan fingerprint density at radius 2 is 1.74 bits per heavy atom. The summed E-state index contributed by atoms with van der Waals surface area (Å²) < 4.78 is 0. The summed E-state index contributed by atoms with van der Waals surface area (Å²) in [5.74, 6) is 0.0465. The van der Waals surface area contributed by atoms with E-state index in [1.807, 2.05) is 18.7 Å². The van der Waals surface area contributed by atoms with Crippen LogP contribution in [0.15, 0.2) is 0 Å². The van der Waals surface area contributed by atoms with Crippen LogP contribution in [0.5, 0.6) is 0 Å². The number of carbonyl (C=O) groups excluding carboxylic acids is 1. The van der Waals surface area contributed by atoms with Crippen LogP contribution < -0.4 is 0 Å². The van der Waals surface area contributed by atoms with Gasteiger partial charge in [-0.15, -0.1) is 0 Å². The molecule has 1 aliphatic rings. The summed E-state index contributed by atoms with van der Waals surface area (Å²) in [5, 5.41) is 9.38. The summed E-state index contributed by atoms with van der Waals surface area (Å²) in [5.41, 5.74) is -0.971. The maximum absolute atomic E-state index is 12.4. The summed E-state index contributed by atoms with van der Waals surface area (Å²) in [4.78, 5) is 25.7. The van der Waals surface area contributed by atoms with E-state index in [0.29, 0.717) is 11.8 Å². The van der Waals surface area contributed by atoms with Crippen molar-refractivity contribution in [1.82, 2.24) is 4.90 Å². The number of nitrogens with zero attached hydrogens (tertiary/aromatic N) is 1. The first-order valence-electron chi connectivity index (χ1n) is 7.18. The average Bonchev–Trinajstić information content (AvgIpc) is 2.26. The minimum atomic E-state index is -0.971. The minimum Gasteiger partial charge on any atom is -0.481 e.